The van der Waals surface area contributed by atoms with Crippen LogP contribution in [0.5, 0.6) is 23.0 Å². The third kappa shape index (κ3) is 4.87. The zero-order valence-electron chi connectivity index (χ0n) is 14.3. The molecule has 0 fully saturated rings. The molecule has 0 aliphatic rings. The summed E-state index contributed by atoms with van der Waals surface area (Å²) in [5.74, 6) is 2.08. The van der Waals surface area contributed by atoms with Crippen LogP contribution in [-0.4, -0.2) is 62.0 Å². The van der Waals surface area contributed by atoms with Crippen LogP contribution in [-0.2, 0) is 18.9 Å². The lowest BCUT2D eigenvalue weighted by molar-refractivity contribution is -0.479. The molecule has 0 heterocycles. The van der Waals surface area contributed by atoms with E-state index in [4.69, 9.17) is 37.9 Å². The quantitative estimate of drug-likeness (QED) is 0.447. The lowest BCUT2D eigenvalue weighted by Gasteiger charge is -2.27. The second-order valence-electron chi connectivity index (χ2n) is 4.17. The number of methoxy groups -OCH3 is 6. The van der Waals surface area contributed by atoms with Gasteiger partial charge in [0.1, 0.15) is 6.61 Å². The van der Waals surface area contributed by atoms with Crippen molar-refractivity contribution in [1.82, 2.24) is 0 Å². The van der Waals surface area contributed by atoms with E-state index in [-0.39, 0.29) is 13.2 Å². The highest BCUT2D eigenvalue weighted by Crippen LogP contribution is 2.39. The Morgan fingerprint density at radius 2 is 1.09 bits per heavy atom. The predicted molar refractivity (Wildman–Crippen MR) is 81.3 cm³/mol. The van der Waals surface area contributed by atoms with Crippen molar-refractivity contribution in [3.8, 4) is 23.0 Å². The Kier molecular flexibility index (Phi) is 7.90. The van der Waals surface area contributed by atoms with Gasteiger partial charge < -0.3 is 33.2 Å². The molecule has 1 aromatic rings. The van der Waals surface area contributed by atoms with E-state index in [1.165, 1.54) is 28.4 Å². The molecule has 0 saturated heterocycles. The van der Waals surface area contributed by atoms with Gasteiger partial charge in [0.25, 0.3) is 0 Å². The van der Waals surface area contributed by atoms with Crippen molar-refractivity contribution in [3.63, 3.8) is 0 Å². The Morgan fingerprint density at radius 3 is 1.52 bits per heavy atom. The summed E-state index contributed by atoms with van der Waals surface area (Å²) in [7, 11) is 8.85. The first kappa shape index (κ1) is 19.3. The summed E-state index contributed by atoms with van der Waals surface area (Å²) in [5, 5.41) is 0. The fraction of sp³-hybridized carbons (Fsp3) is 0.600. The number of ether oxygens (including phenoxy) is 8. The van der Waals surface area contributed by atoms with E-state index < -0.39 is 6.16 Å². The van der Waals surface area contributed by atoms with Crippen molar-refractivity contribution in [2.45, 2.75) is 6.16 Å². The third-order valence-corrected chi connectivity index (χ3v) is 3.04. The Hall–Kier alpha value is -1.74. The molecule has 1 rings (SSSR count). The topological polar surface area (TPSA) is 73.8 Å². The highest BCUT2D eigenvalue weighted by atomic mass is 17.0. The number of hydrogen-bond donors (Lipinski definition) is 0. The summed E-state index contributed by atoms with van der Waals surface area (Å²) in [6, 6.07) is 3.35. The summed E-state index contributed by atoms with van der Waals surface area (Å²) < 4.78 is 41.8. The highest BCUT2D eigenvalue weighted by Gasteiger charge is 2.31. The Balaban J connectivity index is 2.70. The summed E-state index contributed by atoms with van der Waals surface area (Å²) in [6.07, 6.45) is -1.55. The minimum atomic E-state index is -1.55. The molecule has 23 heavy (non-hydrogen) atoms. The molecule has 0 unspecified atom stereocenters. The fourth-order valence-electron chi connectivity index (χ4n) is 1.86. The maximum Gasteiger partial charge on any atom is 0.412 e. The van der Waals surface area contributed by atoms with E-state index in [1.54, 1.807) is 26.4 Å². The molecule has 0 amide bonds. The van der Waals surface area contributed by atoms with Gasteiger partial charge >= 0.3 is 6.16 Å². The van der Waals surface area contributed by atoms with Crippen molar-refractivity contribution in [1.29, 1.82) is 0 Å². The fourth-order valence-corrected chi connectivity index (χ4v) is 1.86. The van der Waals surface area contributed by atoms with Crippen molar-refractivity contribution >= 4 is 0 Å². The molecule has 8 nitrogen and oxygen atoms in total. The van der Waals surface area contributed by atoms with Gasteiger partial charge in [-0.3, -0.25) is 4.74 Å². The first-order valence-electron chi connectivity index (χ1n) is 6.81. The van der Waals surface area contributed by atoms with E-state index in [2.05, 4.69) is 0 Å². The molecule has 0 saturated carbocycles. The smallest absolute Gasteiger partial charge is 0.412 e. The molecule has 0 radical (unpaired) electrons. The highest BCUT2D eigenvalue weighted by molar-refractivity contribution is 5.54. The minimum Gasteiger partial charge on any atom is -0.493 e. The van der Waals surface area contributed by atoms with E-state index in [0.717, 1.165) is 0 Å². The summed E-state index contributed by atoms with van der Waals surface area (Å²) >= 11 is 0. The molecule has 0 aliphatic carbocycles. The van der Waals surface area contributed by atoms with Gasteiger partial charge in [-0.1, -0.05) is 0 Å². The molecule has 132 valence electrons. The van der Waals surface area contributed by atoms with E-state index in [1.807, 2.05) is 0 Å². The number of benzene rings is 1. The SMILES string of the molecule is COc1cc(OC)c(OCCOC(OC)(OC)OC)cc1OC. The molecular formula is C15H24O8. The van der Waals surface area contributed by atoms with Crippen LogP contribution in [0.3, 0.4) is 0 Å². The Morgan fingerprint density at radius 1 is 0.652 bits per heavy atom. The van der Waals surface area contributed by atoms with Crippen LogP contribution in [0.15, 0.2) is 12.1 Å². The standard InChI is InChI=1S/C15H24O8/c1-16-11-9-13(18-3)14(10-12(11)17-2)22-7-8-23-15(19-4,20-5)21-6/h9-10H,7-8H2,1-6H3. The van der Waals surface area contributed by atoms with Gasteiger partial charge in [-0.15, -0.1) is 0 Å². The van der Waals surface area contributed by atoms with Crippen LogP contribution in [0.4, 0.5) is 0 Å². The van der Waals surface area contributed by atoms with Gasteiger partial charge in [0.15, 0.2) is 23.0 Å². The molecule has 0 aliphatic heterocycles. The van der Waals surface area contributed by atoms with Crippen LogP contribution in [0.25, 0.3) is 0 Å². The van der Waals surface area contributed by atoms with E-state index >= 15 is 0 Å². The summed E-state index contributed by atoms with van der Waals surface area (Å²) in [4.78, 5) is 0. The molecule has 0 N–H and O–H groups in total. The monoisotopic (exact) mass is 332 g/mol. The summed E-state index contributed by atoms with van der Waals surface area (Å²) in [6.45, 7) is 0.372. The van der Waals surface area contributed by atoms with Crippen molar-refractivity contribution in [3.05, 3.63) is 12.1 Å². The van der Waals surface area contributed by atoms with Gasteiger partial charge in [-0.2, -0.15) is 0 Å². The first-order chi connectivity index (χ1) is 11.1. The predicted octanol–water partition coefficient (Wildman–Crippen LogP) is 1.66. The zero-order chi connectivity index (χ0) is 17.3. The average Bonchev–Trinajstić information content (AvgIpc) is 2.61. The molecule has 1 aromatic carbocycles. The number of rotatable bonds is 11. The molecular weight excluding hydrogens is 308 g/mol. The Bertz CT molecular complexity index is 465. The van der Waals surface area contributed by atoms with E-state index in [9.17, 15) is 0 Å². The van der Waals surface area contributed by atoms with Crippen LogP contribution in [0.1, 0.15) is 0 Å². The first-order valence-corrected chi connectivity index (χ1v) is 6.81. The van der Waals surface area contributed by atoms with E-state index in [0.29, 0.717) is 23.0 Å². The van der Waals surface area contributed by atoms with Gasteiger partial charge in [0, 0.05) is 33.5 Å². The summed E-state index contributed by atoms with van der Waals surface area (Å²) in [5.41, 5.74) is 0. The third-order valence-electron chi connectivity index (χ3n) is 3.04. The maximum atomic E-state index is 5.65. The van der Waals surface area contributed by atoms with Gasteiger partial charge in [0.05, 0.1) is 27.9 Å². The number of hydrogen-bond acceptors (Lipinski definition) is 8. The van der Waals surface area contributed by atoms with Crippen LogP contribution in [0, 0.1) is 0 Å². The lowest BCUT2D eigenvalue weighted by atomic mass is 10.2. The van der Waals surface area contributed by atoms with Gasteiger partial charge in [-0.25, -0.2) is 0 Å². The van der Waals surface area contributed by atoms with Crippen LogP contribution < -0.4 is 18.9 Å². The molecule has 0 atom stereocenters. The normalized spacial score (nSPS) is 11.2. The second-order valence-corrected chi connectivity index (χ2v) is 4.17. The van der Waals surface area contributed by atoms with Gasteiger partial charge in [-0.05, 0) is 0 Å². The molecule has 8 heteroatoms. The minimum absolute atomic E-state index is 0.160. The zero-order valence-corrected chi connectivity index (χ0v) is 14.3. The average molecular weight is 332 g/mol. The maximum absolute atomic E-state index is 5.65. The van der Waals surface area contributed by atoms with Gasteiger partial charge in [0.2, 0.25) is 0 Å². The molecule has 0 aromatic heterocycles. The second kappa shape index (κ2) is 9.41. The van der Waals surface area contributed by atoms with Crippen molar-refractivity contribution in [2.24, 2.45) is 0 Å². The molecule has 0 bridgehead atoms. The Labute approximate surface area is 136 Å². The molecule has 0 spiro atoms. The van der Waals surface area contributed by atoms with Crippen molar-refractivity contribution in [2.75, 3.05) is 55.9 Å². The van der Waals surface area contributed by atoms with Crippen LogP contribution in [0.2, 0.25) is 0 Å². The van der Waals surface area contributed by atoms with Crippen molar-refractivity contribution < 1.29 is 37.9 Å². The lowest BCUT2D eigenvalue weighted by Crippen LogP contribution is -2.40. The largest absolute Gasteiger partial charge is 0.493 e. The van der Waals surface area contributed by atoms with Crippen LogP contribution >= 0.6 is 0 Å².